The lowest BCUT2D eigenvalue weighted by Crippen LogP contribution is -2.50. The molecule has 1 amide bonds. The number of ether oxygens (including phenoxy) is 2. The number of nitrogens with zero attached hydrogens (tertiary/aromatic N) is 4. The highest BCUT2D eigenvalue weighted by atomic mass is 19.1. The van der Waals surface area contributed by atoms with E-state index in [1.165, 1.54) is 12.1 Å². The molecule has 132 valence electrons. The van der Waals surface area contributed by atoms with Gasteiger partial charge in [0.1, 0.15) is 0 Å². The molecule has 2 heterocycles. The number of hydrogen-bond donors (Lipinski definition) is 0. The van der Waals surface area contributed by atoms with E-state index in [1.54, 1.807) is 36.4 Å². The van der Waals surface area contributed by atoms with Crippen molar-refractivity contribution >= 4 is 11.9 Å². The van der Waals surface area contributed by atoms with Crippen molar-refractivity contribution in [2.75, 3.05) is 44.8 Å². The first kappa shape index (κ1) is 16.9. The maximum Gasteiger partial charge on any atom is 0.260 e. The van der Waals surface area contributed by atoms with Gasteiger partial charge < -0.3 is 19.3 Å². The number of piperazine rings is 1. The monoisotopic (exact) mass is 346 g/mol. The molecule has 0 N–H and O–H groups in total. The Morgan fingerprint density at radius 3 is 2.68 bits per heavy atom. The third-order valence-corrected chi connectivity index (χ3v) is 3.93. The Balaban J connectivity index is 1.51. The molecule has 1 aromatic heterocycles. The number of amides is 1. The van der Waals surface area contributed by atoms with E-state index in [4.69, 9.17) is 9.47 Å². The number of carbonyl (C=O) groups is 1. The van der Waals surface area contributed by atoms with Crippen molar-refractivity contribution in [3.63, 3.8) is 0 Å². The number of anilines is 1. The molecule has 8 heteroatoms. The number of para-hydroxylation sites is 1. The van der Waals surface area contributed by atoms with Gasteiger partial charge in [0, 0.05) is 38.4 Å². The van der Waals surface area contributed by atoms with E-state index in [-0.39, 0.29) is 18.3 Å². The first-order chi connectivity index (χ1) is 12.2. The highest BCUT2D eigenvalue weighted by molar-refractivity contribution is 5.78. The summed E-state index contributed by atoms with van der Waals surface area (Å²) in [5.74, 6) is 0.514. The van der Waals surface area contributed by atoms with E-state index < -0.39 is 5.82 Å². The van der Waals surface area contributed by atoms with Gasteiger partial charge >= 0.3 is 0 Å². The Morgan fingerprint density at radius 2 is 1.96 bits per heavy atom. The van der Waals surface area contributed by atoms with Gasteiger partial charge in [-0.1, -0.05) is 12.1 Å². The minimum atomic E-state index is -0.477. The van der Waals surface area contributed by atoms with E-state index in [1.807, 2.05) is 4.90 Å². The average Bonchev–Trinajstić information content (AvgIpc) is 2.67. The predicted molar refractivity (Wildman–Crippen MR) is 89.3 cm³/mol. The first-order valence-corrected chi connectivity index (χ1v) is 7.94. The van der Waals surface area contributed by atoms with Gasteiger partial charge in [0.25, 0.3) is 5.91 Å². The van der Waals surface area contributed by atoms with Gasteiger partial charge in [0.2, 0.25) is 11.8 Å². The molecule has 7 nitrogen and oxygen atoms in total. The van der Waals surface area contributed by atoms with Crippen LogP contribution in [0, 0.1) is 5.82 Å². The van der Waals surface area contributed by atoms with E-state index in [2.05, 4.69) is 9.97 Å². The largest absolute Gasteiger partial charge is 0.481 e. The second-order valence-electron chi connectivity index (χ2n) is 5.49. The molecule has 1 fully saturated rings. The van der Waals surface area contributed by atoms with Gasteiger partial charge in [0.15, 0.2) is 18.2 Å². The molecule has 0 saturated carbocycles. The molecule has 1 aromatic carbocycles. The van der Waals surface area contributed by atoms with E-state index >= 15 is 0 Å². The summed E-state index contributed by atoms with van der Waals surface area (Å²) < 4.78 is 23.9. The summed E-state index contributed by atoms with van der Waals surface area (Å²) in [4.78, 5) is 24.4. The second-order valence-corrected chi connectivity index (χ2v) is 5.49. The molecule has 0 radical (unpaired) electrons. The SMILES string of the molecule is COc1ccnc(N2CCN(C(=O)COc3ccccc3F)CC2)n1. The smallest absolute Gasteiger partial charge is 0.260 e. The summed E-state index contributed by atoms with van der Waals surface area (Å²) in [5.41, 5.74) is 0. The van der Waals surface area contributed by atoms with Crippen molar-refractivity contribution in [3.8, 4) is 11.6 Å². The van der Waals surface area contributed by atoms with Gasteiger partial charge in [-0.05, 0) is 12.1 Å². The summed E-state index contributed by atoms with van der Waals surface area (Å²) in [7, 11) is 1.55. The first-order valence-electron chi connectivity index (χ1n) is 7.94. The molecule has 0 spiro atoms. The number of aromatic nitrogens is 2. The molecule has 1 saturated heterocycles. The number of methoxy groups -OCH3 is 1. The normalized spacial score (nSPS) is 14.3. The lowest BCUT2D eigenvalue weighted by atomic mass is 10.3. The van der Waals surface area contributed by atoms with E-state index in [0.717, 1.165) is 0 Å². The molecule has 1 aliphatic heterocycles. The minimum absolute atomic E-state index is 0.0827. The van der Waals surface area contributed by atoms with Crippen LogP contribution in [0.4, 0.5) is 10.3 Å². The van der Waals surface area contributed by atoms with Crippen LogP contribution in [0.15, 0.2) is 36.5 Å². The summed E-state index contributed by atoms with van der Waals surface area (Å²) in [6, 6.07) is 7.72. The lowest BCUT2D eigenvalue weighted by Gasteiger charge is -2.34. The van der Waals surface area contributed by atoms with Crippen LogP contribution in [0.25, 0.3) is 0 Å². The molecule has 0 bridgehead atoms. The number of hydrogen-bond acceptors (Lipinski definition) is 6. The van der Waals surface area contributed by atoms with Crippen LogP contribution in [0.5, 0.6) is 11.6 Å². The van der Waals surface area contributed by atoms with Crippen molar-refractivity contribution in [2.24, 2.45) is 0 Å². The average molecular weight is 346 g/mol. The van der Waals surface area contributed by atoms with Crippen molar-refractivity contribution < 1.29 is 18.7 Å². The zero-order chi connectivity index (χ0) is 17.6. The van der Waals surface area contributed by atoms with Crippen molar-refractivity contribution in [3.05, 3.63) is 42.3 Å². The minimum Gasteiger partial charge on any atom is -0.481 e. The fourth-order valence-corrected chi connectivity index (χ4v) is 2.55. The van der Waals surface area contributed by atoms with Crippen molar-refractivity contribution in [2.45, 2.75) is 0 Å². The summed E-state index contributed by atoms with van der Waals surface area (Å²) in [5, 5.41) is 0. The van der Waals surface area contributed by atoms with Gasteiger partial charge in [-0.25, -0.2) is 9.37 Å². The Kier molecular flexibility index (Phi) is 5.27. The molecular weight excluding hydrogens is 327 g/mol. The Labute approximate surface area is 145 Å². The van der Waals surface area contributed by atoms with Crippen LogP contribution in [-0.4, -0.2) is 60.7 Å². The molecule has 0 atom stereocenters. The van der Waals surface area contributed by atoms with Crippen LogP contribution < -0.4 is 14.4 Å². The fourth-order valence-electron chi connectivity index (χ4n) is 2.55. The number of halogens is 1. The van der Waals surface area contributed by atoms with Crippen molar-refractivity contribution in [1.82, 2.24) is 14.9 Å². The maximum atomic E-state index is 13.5. The molecule has 25 heavy (non-hydrogen) atoms. The summed E-state index contributed by atoms with van der Waals surface area (Å²) in [6.07, 6.45) is 1.64. The Morgan fingerprint density at radius 1 is 1.20 bits per heavy atom. The van der Waals surface area contributed by atoms with Gasteiger partial charge in [-0.3, -0.25) is 4.79 Å². The zero-order valence-corrected chi connectivity index (χ0v) is 13.9. The van der Waals surface area contributed by atoms with Crippen molar-refractivity contribution in [1.29, 1.82) is 0 Å². The van der Waals surface area contributed by atoms with E-state index in [0.29, 0.717) is 38.0 Å². The summed E-state index contributed by atoms with van der Waals surface area (Å²) >= 11 is 0. The van der Waals surface area contributed by atoms with Gasteiger partial charge in [-0.15, -0.1) is 0 Å². The van der Waals surface area contributed by atoms with Gasteiger partial charge in [-0.2, -0.15) is 4.98 Å². The van der Waals surface area contributed by atoms with Crippen LogP contribution in [0.2, 0.25) is 0 Å². The number of carbonyl (C=O) groups excluding carboxylic acids is 1. The Hall–Kier alpha value is -2.90. The van der Waals surface area contributed by atoms with Crippen LogP contribution >= 0.6 is 0 Å². The number of benzene rings is 1. The predicted octanol–water partition coefficient (Wildman–Crippen LogP) is 1.35. The highest BCUT2D eigenvalue weighted by Crippen LogP contribution is 2.17. The van der Waals surface area contributed by atoms with Crippen LogP contribution in [0.1, 0.15) is 0 Å². The van der Waals surface area contributed by atoms with Crippen LogP contribution in [0.3, 0.4) is 0 Å². The molecule has 3 rings (SSSR count). The molecule has 1 aliphatic rings. The van der Waals surface area contributed by atoms with E-state index in [9.17, 15) is 9.18 Å². The molecule has 0 unspecified atom stereocenters. The number of rotatable bonds is 5. The molecular formula is C17H19FN4O3. The third kappa shape index (κ3) is 4.14. The standard InChI is InChI=1S/C17H19FN4O3/c1-24-15-6-7-19-17(20-15)22-10-8-21(9-11-22)16(23)12-25-14-5-3-2-4-13(14)18/h2-7H,8-12H2,1H3. The van der Waals surface area contributed by atoms with Gasteiger partial charge in [0.05, 0.1) is 7.11 Å². The fraction of sp³-hybridized carbons (Fsp3) is 0.353. The quantitative estimate of drug-likeness (QED) is 0.814. The zero-order valence-electron chi connectivity index (χ0n) is 13.9. The Bertz CT molecular complexity index is 735. The third-order valence-electron chi connectivity index (χ3n) is 3.93. The summed E-state index contributed by atoms with van der Waals surface area (Å²) in [6.45, 7) is 2.09. The molecule has 0 aliphatic carbocycles. The topological polar surface area (TPSA) is 67.8 Å². The highest BCUT2D eigenvalue weighted by Gasteiger charge is 2.23. The lowest BCUT2D eigenvalue weighted by molar-refractivity contribution is -0.133. The molecule has 2 aromatic rings. The second kappa shape index (κ2) is 7.78. The maximum absolute atomic E-state index is 13.5. The van der Waals surface area contributed by atoms with Crippen LogP contribution in [-0.2, 0) is 4.79 Å².